The maximum Gasteiger partial charge on any atom is 0.325 e. The van der Waals surface area contributed by atoms with Gasteiger partial charge >= 0.3 is 5.97 Å². The summed E-state index contributed by atoms with van der Waals surface area (Å²) in [5.41, 5.74) is 0.960. The van der Waals surface area contributed by atoms with Crippen LogP contribution < -0.4 is 4.90 Å². The molecular weight excluding hydrogens is 206 g/mol. The highest BCUT2D eigenvalue weighted by molar-refractivity contribution is 5.74. The Morgan fingerprint density at radius 3 is 2.75 bits per heavy atom. The zero-order chi connectivity index (χ0) is 12.1. The summed E-state index contributed by atoms with van der Waals surface area (Å²) >= 11 is 0. The molecule has 0 N–H and O–H groups in total. The minimum Gasteiger partial charge on any atom is -0.468 e. The minimum atomic E-state index is -0.285. The van der Waals surface area contributed by atoms with Crippen LogP contribution in [0.25, 0.3) is 0 Å². The molecule has 1 rings (SSSR count). The number of anilines is 1. The van der Waals surface area contributed by atoms with Gasteiger partial charge in [0.2, 0.25) is 0 Å². The standard InChI is InChI=1S/C11H17N3O2/c1-8(2)9-5-10(13-7-12-9)14(3)6-11(15)16-4/h5,7-8H,6H2,1-4H3. The third-order valence-corrected chi connectivity index (χ3v) is 2.25. The van der Waals surface area contributed by atoms with E-state index in [4.69, 9.17) is 0 Å². The van der Waals surface area contributed by atoms with Crippen LogP contribution in [-0.2, 0) is 9.53 Å². The van der Waals surface area contributed by atoms with Gasteiger partial charge in [0.05, 0.1) is 7.11 Å². The smallest absolute Gasteiger partial charge is 0.325 e. The molecular formula is C11H17N3O2. The van der Waals surface area contributed by atoms with E-state index >= 15 is 0 Å². The Hall–Kier alpha value is -1.65. The second-order valence-corrected chi connectivity index (χ2v) is 3.89. The highest BCUT2D eigenvalue weighted by atomic mass is 16.5. The second kappa shape index (κ2) is 5.44. The fourth-order valence-corrected chi connectivity index (χ4v) is 1.23. The van der Waals surface area contributed by atoms with E-state index < -0.39 is 0 Å². The van der Waals surface area contributed by atoms with E-state index in [1.54, 1.807) is 11.9 Å². The van der Waals surface area contributed by atoms with Gasteiger partial charge in [-0.1, -0.05) is 13.8 Å². The molecule has 0 saturated heterocycles. The molecule has 0 amide bonds. The normalized spacial score (nSPS) is 10.3. The molecule has 0 aromatic carbocycles. The quantitative estimate of drug-likeness (QED) is 0.718. The van der Waals surface area contributed by atoms with E-state index in [0.29, 0.717) is 5.92 Å². The van der Waals surface area contributed by atoms with Gasteiger partial charge in [0.15, 0.2) is 0 Å². The van der Waals surface area contributed by atoms with Crippen LogP contribution >= 0.6 is 0 Å². The third-order valence-electron chi connectivity index (χ3n) is 2.25. The van der Waals surface area contributed by atoms with Crippen molar-refractivity contribution in [1.29, 1.82) is 0 Å². The summed E-state index contributed by atoms with van der Waals surface area (Å²) in [7, 11) is 3.17. The van der Waals surface area contributed by atoms with Crippen molar-refractivity contribution in [3.05, 3.63) is 18.1 Å². The first-order valence-electron chi connectivity index (χ1n) is 5.14. The Labute approximate surface area is 95.5 Å². The van der Waals surface area contributed by atoms with Crippen molar-refractivity contribution in [3.8, 4) is 0 Å². The van der Waals surface area contributed by atoms with Crippen LogP contribution in [0, 0.1) is 0 Å². The maximum atomic E-state index is 11.1. The molecule has 0 spiro atoms. The third kappa shape index (κ3) is 3.18. The molecule has 5 heteroatoms. The zero-order valence-electron chi connectivity index (χ0n) is 10.1. The van der Waals surface area contributed by atoms with Crippen LogP contribution in [0.3, 0.4) is 0 Å². The number of hydrogen-bond donors (Lipinski definition) is 0. The summed E-state index contributed by atoms with van der Waals surface area (Å²) in [4.78, 5) is 21.1. The molecule has 1 aromatic rings. The number of methoxy groups -OCH3 is 1. The van der Waals surface area contributed by atoms with E-state index in [9.17, 15) is 4.79 Å². The molecule has 88 valence electrons. The molecule has 1 heterocycles. The zero-order valence-corrected chi connectivity index (χ0v) is 10.1. The number of likely N-dealkylation sites (N-methyl/N-ethyl adjacent to an activating group) is 1. The molecule has 0 atom stereocenters. The van der Waals surface area contributed by atoms with Crippen molar-refractivity contribution in [3.63, 3.8) is 0 Å². The largest absolute Gasteiger partial charge is 0.468 e. The Morgan fingerprint density at radius 1 is 1.50 bits per heavy atom. The number of ether oxygens (including phenoxy) is 1. The van der Waals surface area contributed by atoms with E-state index in [0.717, 1.165) is 11.5 Å². The van der Waals surface area contributed by atoms with Gasteiger partial charge in [-0.15, -0.1) is 0 Å². The van der Waals surface area contributed by atoms with Gasteiger partial charge in [-0.2, -0.15) is 0 Å². The lowest BCUT2D eigenvalue weighted by Gasteiger charge is -2.17. The number of hydrogen-bond acceptors (Lipinski definition) is 5. The van der Waals surface area contributed by atoms with Crippen LogP contribution in [0.2, 0.25) is 0 Å². The van der Waals surface area contributed by atoms with Crippen LogP contribution in [-0.4, -0.2) is 36.6 Å². The highest BCUT2D eigenvalue weighted by Crippen LogP contribution is 2.15. The van der Waals surface area contributed by atoms with E-state index in [-0.39, 0.29) is 12.5 Å². The Kier molecular flexibility index (Phi) is 4.22. The van der Waals surface area contributed by atoms with Crippen LogP contribution in [0.4, 0.5) is 5.82 Å². The van der Waals surface area contributed by atoms with Crippen molar-refractivity contribution < 1.29 is 9.53 Å². The topological polar surface area (TPSA) is 55.3 Å². The molecule has 0 radical (unpaired) electrons. The van der Waals surface area contributed by atoms with Gasteiger partial charge in [-0.05, 0) is 5.92 Å². The SMILES string of the molecule is COC(=O)CN(C)c1cc(C(C)C)ncn1. The van der Waals surface area contributed by atoms with Gasteiger partial charge < -0.3 is 9.64 Å². The second-order valence-electron chi connectivity index (χ2n) is 3.89. The lowest BCUT2D eigenvalue weighted by Crippen LogP contribution is -2.27. The van der Waals surface area contributed by atoms with Crippen molar-refractivity contribution in [2.75, 3.05) is 25.6 Å². The van der Waals surface area contributed by atoms with Gasteiger partial charge in [-0.3, -0.25) is 4.79 Å². The maximum absolute atomic E-state index is 11.1. The fourth-order valence-electron chi connectivity index (χ4n) is 1.23. The number of carbonyl (C=O) groups excluding carboxylic acids is 1. The summed E-state index contributed by atoms with van der Waals surface area (Å²) in [5.74, 6) is 0.782. The first-order valence-corrected chi connectivity index (χ1v) is 5.14. The number of rotatable bonds is 4. The molecule has 0 aliphatic rings. The summed E-state index contributed by atoms with van der Waals surface area (Å²) < 4.78 is 4.60. The first kappa shape index (κ1) is 12.4. The minimum absolute atomic E-state index is 0.186. The Balaban J connectivity index is 2.79. The first-order chi connectivity index (χ1) is 7.54. The Morgan fingerprint density at radius 2 is 2.19 bits per heavy atom. The predicted octanol–water partition coefficient (Wildman–Crippen LogP) is 1.21. The van der Waals surface area contributed by atoms with Crippen LogP contribution in [0.15, 0.2) is 12.4 Å². The number of carbonyl (C=O) groups is 1. The molecule has 0 aliphatic carbocycles. The van der Waals surface area contributed by atoms with Crippen LogP contribution in [0.5, 0.6) is 0 Å². The van der Waals surface area contributed by atoms with Crippen molar-refractivity contribution in [1.82, 2.24) is 9.97 Å². The molecule has 0 aliphatic heterocycles. The molecule has 0 bridgehead atoms. The predicted molar refractivity (Wildman–Crippen MR) is 61.4 cm³/mol. The van der Waals surface area contributed by atoms with Crippen LogP contribution in [0.1, 0.15) is 25.5 Å². The van der Waals surface area contributed by atoms with Crippen molar-refractivity contribution in [2.24, 2.45) is 0 Å². The molecule has 0 fully saturated rings. The lowest BCUT2D eigenvalue weighted by atomic mass is 10.1. The van der Waals surface area contributed by atoms with Crippen molar-refractivity contribution in [2.45, 2.75) is 19.8 Å². The summed E-state index contributed by atoms with van der Waals surface area (Å²) in [6.07, 6.45) is 1.51. The molecule has 0 unspecified atom stereocenters. The van der Waals surface area contributed by atoms with E-state index in [2.05, 4.69) is 28.6 Å². The molecule has 1 aromatic heterocycles. The average molecular weight is 223 g/mol. The van der Waals surface area contributed by atoms with Gasteiger partial charge in [0.25, 0.3) is 0 Å². The number of nitrogens with zero attached hydrogens (tertiary/aromatic N) is 3. The lowest BCUT2D eigenvalue weighted by molar-refractivity contribution is -0.138. The van der Waals surface area contributed by atoms with Gasteiger partial charge in [0.1, 0.15) is 18.7 Å². The average Bonchev–Trinajstić information content (AvgIpc) is 2.28. The summed E-state index contributed by atoms with van der Waals surface area (Å²) in [5, 5.41) is 0. The molecule has 16 heavy (non-hydrogen) atoms. The molecule has 0 saturated carbocycles. The van der Waals surface area contributed by atoms with Crippen molar-refractivity contribution >= 4 is 11.8 Å². The van der Waals surface area contributed by atoms with Gasteiger partial charge in [-0.25, -0.2) is 9.97 Å². The molecule has 5 nitrogen and oxygen atoms in total. The van der Waals surface area contributed by atoms with Gasteiger partial charge in [0, 0.05) is 18.8 Å². The highest BCUT2D eigenvalue weighted by Gasteiger charge is 2.10. The monoisotopic (exact) mass is 223 g/mol. The van der Waals surface area contributed by atoms with E-state index in [1.165, 1.54) is 13.4 Å². The number of aromatic nitrogens is 2. The summed E-state index contributed by atoms with van der Waals surface area (Å²) in [6, 6.07) is 1.88. The Bertz CT molecular complexity index is 366. The number of esters is 1. The van der Waals surface area contributed by atoms with E-state index in [1.807, 2.05) is 6.07 Å². The summed E-state index contributed by atoms with van der Waals surface area (Å²) in [6.45, 7) is 4.31. The fraction of sp³-hybridized carbons (Fsp3) is 0.545.